The Morgan fingerprint density at radius 1 is 1.20 bits per heavy atom. The molecule has 3 rings (SSSR count). The summed E-state index contributed by atoms with van der Waals surface area (Å²) in [5.41, 5.74) is 0.872. The maximum absolute atomic E-state index is 13.2. The number of sulfone groups is 1. The number of hydrogen-bond donors (Lipinski definition) is 1. The third kappa shape index (κ3) is 3.12. The van der Waals surface area contributed by atoms with Crippen LogP contribution in [-0.4, -0.2) is 38.6 Å². The Kier molecular flexibility index (Phi) is 3.69. The van der Waals surface area contributed by atoms with Gasteiger partial charge in [0.2, 0.25) is 0 Å². The summed E-state index contributed by atoms with van der Waals surface area (Å²) >= 11 is 0. The number of rotatable bonds is 2. The highest BCUT2D eigenvalue weighted by molar-refractivity contribution is 7.91. The predicted octanol–water partition coefficient (Wildman–Crippen LogP) is 1.30. The molecule has 0 amide bonds. The molecule has 2 aliphatic heterocycles. The van der Waals surface area contributed by atoms with Gasteiger partial charge in [0.05, 0.1) is 11.5 Å². The molecule has 0 saturated carbocycles. The second-order valence-electron chi connectivity index (χ2n) is 5.56. The number of benzene rings is 1. The van der Waals surface area contributed by atoms with Crippen molar-refractivity contribution in [2.75, 3.05) is 18.1 Å². The van der Waals surface area contributed by atoms with E-state index in [0.29, 0.717) is 19.4 Å². The highest BCUT2D eigenvalue weighted by Crippen LogP contribution is 2.26. The number of ether oxygens (including phenoxy) is 1. The molecule has 2 heterocycles. The van der Waals surface area contributed by atoms with Crippen LogP contribution in [0.3, 0.4) is 0 Å². The van der Waals surface area contributed by atoms with Crippen LogP contribution in [0.5, 0.6) is 5.75 Å². The monoisotopic (exact) mass is 299 g/mol. The van der Waals surface area contributed by atoms with Crippen LogP contribution in [0.15, 0.2) is 18.2 Å². The van der Waals surface area contributed by atoms with E-state index >= 15 is 0 Å². The molecule has 1 unspecified atom stereocenters. The van der Waals surface area contributed by atoms with Gasteiger partial charge in [-0.3, -0.25) is 0 Å². The summed E-state index contributed by atoms with van der Waals surface area (Å²) in [4.78, 5) is 0. The summed E-state index contributed by atoms with van der Waals surface area (Å²) in [6, 6.07) is 4.90. The van der Waals surface area contributed by atoms with E-state index in [9.17, 15) is 12.8 Å². The average Bonchev–Trinajstić information content (AvgIpc) is 2.41. The summed E-state index contributed by atoms with van der Waals surface area (Å²) in [7, 11) is -2.83. The van der Waals surface area contributed by atoms with Crippen LogP contribution in [-0.2, 0) is 16.3 Å². The minimum Gasteiger partial charge on any atom is -0.492 e. The van der Waals surface area contributed by atoms with E-state index in [1.807, 2.05) is 0 Å². The fourth-order valence-corrected chi connectivity index (χ4v) is 4.35. The van der Waals surface area contributed by atoms with E-state index in [1.54, 1.807) is 6.07 Å². The minimum absolute atomic E-state index is 0.120. The summed E-state index contributed by atoms with van der Waals surface area (Å²) in [5, 5.41) is 3.44. The van der Waals surface area contributed by atoms with Crippen molar-refractivity contribution >= 4 is 9.84 Å². The highest BCUT2D eigenvalue weighted by atomic mass is 32.2. The lowest BCUT2D eigenvalue weighted by atomic mass is 10.0. The van der Waals surface area contributed by atoms with Crippen LogP contribution in [0.4, 0.5) is 4.39 Å². The van der Waals surface area contributed by atoms with Crippen molar-refractivity contribution in [2.45, 2.75) is 31.3 Å². The minimum atomic E-state index is -2.83. The first-order valence-electron chi connectivity index (χ1n) is 6.89. The third-order valence-electron chi connectivity index (χ3n) is 3.95. The van der Waals surface area contributed by atoms with E-state index in [0.717, 1.165) is 17.7 Å². The van der Waals surface area contributed by atoms with Crippen molar-refractivity contribution in [2.24, 2.45) is 0 Å². The van der Waals surface area contributed by atoms with Gasteiger partial charge in [0.15, 0.2) is 0 Å². The van der Waals surface area contributed by atoms with Gasteiger partial charge in [-0.1, -0.05) is 0 Å². The van der Waals surface area contributed by atoms with Gasteiger partial charge in [-0.05, 0) is 43.0 Å². The Balaban J connectivity index is 1.60. The second-order valence-corrected chi connectivity index (χ2v) is 7.86. The van der Waals surface area contributed by atoms with Crippen LogP contribution in [0, 0.1) is 5.82 Å². The molecule has 6 heteroatoms. The molecule has 0 spiro atoms. The topological polar surface area (TPSA) is 55.4 Å². The fourth-order valence-electron chi connectivity index (χ4n) is 2.86. The summed E-state index contributed by atoms with van der Waals surface area (Å²) in [6.45, 7) is 0.544. The Labute approximate surface area is 118 Å². The lowest BCUT2D eigenvalue weighted by Gasteiger charge is -2.31. The SMILES string of the molecule is O=S1(=O)CCC(NC2COc3ccc(F)cc3C2)CC1. The van der Waals surface area contributed by atoms with Crippen LogP contribution < -0.4 is 10.1 Å². The standard InChI is InChI=1S/C14H18FNO3S/c15-11-1-2-14-10(7-11)8-13(9-19-14)16-12-3-5-20(17,18)6-4-12/h1-2,7,12-13,16H,3-6,8-9H2. The van der Waals surface area contributed by atoms with Crippen LogP contribution >= 0.6 is 0 Å². The lowest BCUT2D eigenvalue weighted by Crippen LogP contribution is -2.47. The zero-order valence-electron chi connectivity index (χ0n) is 11.1. The number of hydrogen-bond acceptors (Lipinski definition) is 4. The zero-order valence-corrected chi connectivity index (χ0v) is 12.0. The van der Waals surface area contributed by atoms with Gasteiger partial charge >= 0.3 is 0 Å². The normalized spacial score (nSPS) is 25.8. The Morgan fingerprint density at radius 2 is 1.95 bits per heavy atom. The lowest BCUT2D eigenvalue weighted by molar-refractivity contribution is 0.223. The fraction of sp³-hybridized carbons (Fsp3) is 0.571. The smallest absolute Gasteiger partial charge is 0.150 e. The molecule has 110 valence electrons. The first-order valence-corrected chi connectivity index (χ1v) is 8.72. The first-order chi connectivity index (χ1) is 9.52. The molecule has 0 bridgehead atoms. The number of halogens is 1. The molecular weight excluding hydrogens is 281 g/mol. The van der Waals surface area contributed by atoms with Crippen molar-refractivity contribution in [3.05, 3.63) is 29.6 Å². The number of nitrogens with one attached hydrogen (secondary N) is 1. The maximum Gasteiger partial charge on any atom is 0.150 e. The van der Waals surface area contributed by atoms with Gasteiger partial charge in [0, 0.05) is 12.1 Å². The molecule has 0 aliphatic carbocycles. The van der Waals surface area contributed by atoms with Gasteiger partial charge in [0.25, 0.3) is 0 Å². The second kappa shape index (κ2) is 5.33. The van der Waals surface area contributed by atoms with Crippen LogP contribution in [0.25, 0.3) is 0 Å². The molecule has 2 aliphatic rings. The predicted molar refractivity (Wildman–Crippen MR) is 74.2 cm³/mol. The van der Waals surface area contributed by atoms with E-state index in [4.69, 9.17) is 4.74 Å². The molecule has 20 heavy (non-hydrogen) atoms. The van der Waals surface area contributed by atoms with Gasteiger partial charge in [0.1, 0.15) is 28.0 Å². The van der Waals surface area contributed by atoms with E-state index in [-0.39, 0.29) is 29.4 Å². The molecule has 1 aromatic rings. The Bertz CT molecular complexity index is 588. The molecule has 0 aromatic heterocycles. The molecule has 1 N–H and O–H groups in total. The maximum atomic E-state index is 13.2. The molecule has 4 nitrogen and oxygen atoms in total. The van der Waals surface area contributed by atoms with Crippen molar-refractivity contribution in [3.63, 3.8) is 0 Å². The summed E-state index contributed by atoms with van der Waals surface area (Å²) in [5.74, 6) is 1.000. The van der Waals surface area contributed by atoms with Crippen molar-refractivity contribution in [1.29, 1.82) is 0 Å². The Hall–Kier alpha value is -1.14. The highest BCUT2D eigenvalue weighted by Gasteiger charge is 2.27. The zero-order chi connectivity index (χ0) is 14.2. The van der Waals surface area contributed by atoms with Gasteiger partial charge < -0.3 is 10.1 Å². The first kappa shape index (κ1) is 13.8. The third-order valence-corrected chi connectivity index (χ3v) is 5.67. The Morgan fingerprint density at radius 3 is 2.70 bits per heavy atom. The van der Waals surface area contributed by atoms with E-state index in [1.165, 1.54) is 12.1 Å². The van der Waals surface area contributed by atoms with Crippen LogP contribution in [0.1, 0.15) is 18.4 Å². The molecule has 0 radical (unpaired) electrons. The molecular formula is C14H18FNO3S. The molecule has 1 aromatic carbocycles. The average molecular weight is 299 g/mol. The summed E-state index contributed by atoms with van der Waals surface area (Å²) in [6.07, 6.45) is 2.01. The van der Waals surface area contributed by atoms with Crippen molar-refractivity contribution in [1.82, 2.24) is 5.32 Å². The van der Waals surface area contributed by atoms with Gasteiger partial charge in [-0.25, -0.2) is 12.8 Å². The molecule has 1 saturated heterocycles. The van der Waals surface area contributed by atoms with Crippen molar-refractivity contribution in [3.8, 4) is 5.75 Å². The quantitative estimate of drug-likeness (QED) is 0.894. The van der Waals surface area contributed by atoms with Gasteiger partial charge in [-0.2, -0.15) is 0 Å². The van der Waals surface area contributed by atoms with Crippen molar-refractivity contribution < 1.29 is 17.5 Å². The van der Waals surface area contributed by atoms with Crippen LogP contribution in [0.2, 0.25) is 0 Å². The van der Waals surface area contributed by atoms with E-state index < -0.39 is 9.84 Å². The van der Waals surface area contributed by atoms with E-state index in [2.05, 4.69) is 5.32 Å². The largest absolute Gasteiger partial charge is 0.492 e. The molecule has 1 fully saturated rings. The number of fused-ring (bicyclic) bond motifs is 1. The summed E-state index contributed by atoms with van der Waals surface area (Å²) < 4.78 is 41.6. The van der Waals surface area contributed by atoms with Gasteiger partial charge in [-0.15, -0.1) is 0 Å². The molecule has 1 atom stereocenters.